The van der Waals surface area contributed by atoms with Crippen LogP contribution in [0.3, 0.4) is 0 Å². The topological polar surface area (TPSA) is 86.6 Å². The van der Waals surface area contributed by atoms with Gasteiger partial charge in [0.2, 0.25) is 0 Å². The predicted molar refractivity (Wildman–Crippen MR) is 155 cm³/mol. The molecule has 4 nitrogen and oxygen atoms in total. The van der Waals surface area contributed by atoms with Crippen LogP contribution in [0.2, 0.25) is 0 Å². The van der Waals surface area contributed by atoms with E-state index in [1.165, 1.54) is 19.5 Å². The Labute approximate surface area is 219 Å². The molecular weight excluding hydrogens is 509 g/mol. The molecule has 35 heavy (non-hydrogen) atoms. The van der Waals surface area contributed by atoms with Gasteiger partial charge in [-0.25, -0.2) is 0 Å². The van der Waals surface area contributed by atoms with Gasteiger partial charge in [-0.05, 0) is 59.3 Å². The maximum absolute atomic E-state index is 8.58. The lowest BCUT2D eigenvalue weighted by Gasteiger charge is -2.15. The number of allylic oxidation sites excluding steroid dienone is 4. The van der Waals surface area contributed by atoms with Gasteiger partial charge >= 0.3 is 0 Å². The highest BCUT2D eigenvalue weighted by atomic mass is 32.1. The second-order valence-corrected chi connectivity index (χ2v) is 11.5. The molecule has 0 spiro atoms. The fourth-order valence-corrected chi connectivity index (χ4v) is 7.19. The molecule has 0 radical (unpaired) electrons. The van der Waals surface area contributed by atoms with Gasteiger partial charge in [-0.2, -0.15) is 0 Å². The highest BCUT2D eigenvalue weighted by Gasteiger charge is 2.23. The zero-order valence-electron chi connectivity index (χ0n) is 18.4. The van der Waals surface area contributed by atoms with Crippen LogP contribution in [0, 0.1) is 10.8 Å². The summed E-state index contributed by atoms with van der Waals surface area (Å²) < 4.78 is 0. The number of pyridine rings is 1. The van der Waals surface area contributed by atoms with Crippen molar-refractivity contribution < 1.29 is 0 Å². The van der Waals surface area contributed by atoms with Crippen molar-refractivity contribution in [2.45, 2.75) is 0 Å². The van der Waals surface area contributed by atoms with E-state index >= 15 is 0 Å². The summed E-state index contributed by atoms with van der Waals surface area (Å²) in [5, 5.41) is 21.3. The van der Waals surface area contributed by atoms with E-state index in [-0.39, 0.29) is 0 Å². The highest BCUT2D eigenvalue weighted by molar-refractivity contribution is 7.23. The summed E-state index contributed by atoms with van der Waals surface area (Å²) in [6, 6.07) is 20.2. The minimum atomic E-state index is 0.295. The van der Waals surface area contributed by atoms with Gasteiger partial charge in [-0.15, -0.1) is 45.3 Å². The molecule has 0 saturated carbocycles. The predicted octanol–water partition coefficient (Wildman–Crippen LogP) is 8.45. The van der Waals surface area contributed by atoms with E-state index in [1.807, 2.05) is 12.2 Å². The van der Waals surface area contributed by atoms with Crippen molar-refractivity contribution in [3.63, 3.8) is 0 Å². The molecule has 0 unspecified atom stereocenters. The average molecular weight is 529 g/mol. The minimum absolute atomic E-state index is 0.295. The zero-order valence-corrected chi connectivity index (χ0v) is 21.7. The maximum Gasteiger partial charge on any atom is 0.0882 e. The largest absolute Gasteiger partial charge is 0.399 e. The second kappa shape index (κ2) is 10.5. The van der Waals surface area contributed by atoms with Gasteiger partial charge in [0.05, 0.1) is 11.4 Å². The van der Waals surface area contributed by atoms with Crippen LogP contribution < -0.4 is 5.73 Å². The lowest BCUT2D eigenvalue weighted by molar-refractivity contribution is 1.33. The number of anilines is 1. The van der Waals surface area contributed by atoms with Crippen molar-refractivity contribution in [3.8, 4) is 19.5 Å². The smallest absolute Gasteiger partial charge is 0.0882 e. The molecule has 0 fully saturated rings. The van der Waals surface area contributed by atoms with E-state index in [2.05, 4.69) is 64.3 Å². The fraction of sp³-hybridized carbons (Fsp3) is 0. The van der Waals surface area contributed by atoms with Crippen molar-refractivity contribution in [2.24, 2.45) is 0 Å². The average Bonchev–Trinajstić information content (AvgIpc) is 3.69. The Bertz CT molecular complexity index is 1420. The number of nitrogens with two attached hydrogens (primary N) is 1. The third-order valence-electron chi connectivity index (χ3n) is 5.18. The van der Waals surface area contributed by atoms with Crippen LogP contribution >= 0.6 is 45.3 Å². The van der Waals surface area contributed by atoms with E-state index < -0.39 is 0 Å². The number of rotatable bonds is 4. The van der Waals surface area contributed by atoms with Gasteiger partial charge in [-0.3, -0.25) is 15.8 Å². The number of nitrogens with one attached hydrogen (secondary N) is 2. The first-order valence-electron chi connectivity index (χ1n) is 10.6. The van der Waals surface area contributed by atoms with E-state index in [4.69, 9.17) is 16.6 Å². The van der Waals surface area contributed by atoms with Crippen molar-refractivity contribution >= 4 is 73.6 Å². The molecule has 5 aromatic heterocycles. The van der Waals surface area contributed by atoms with Gasteiger partial charge in [0.25, 0.3) is 0 Å². The molecule has 0 atom stereocenters. The second-order valence-electron chi connectivity index (χ2n) is 7.47. The summed E-state index contributed by atoms with van der Waals surface area (Å²) in [5.74, 6) is 0. The molecule has 0 aliphatic heterocycles. The zero-order chi connectivity index (χ0) is 24.2. The Morgan fingerprint density at radius 3 is 1.40 bits per heavy atom. The van der Waals surface area contributed by atoms with Crippen molar-refractivity contribution in [2.75, 3.05) is 5.73 Å². The van der Waals surface area contributed by atoms with Crippen molar-refractivity contribution in [3.05, 3.63) is 106 Å². The van der Waals surface area contributed by atoms with E-state index in [9.17, 15) is 0 Å². The molecule has 8 heteroatoms. The Balaban J connectivity index is 0.000000313. The van der Waals surface area contributed by atoms with Crippen LogP contribution in [0.25, 0.3) is 30.7 Å². The standard InChI is InChI=1S/C22H14N2S4.C5H6N2/c23-21-13(15-7-9-19(27-15)17-3-1-11-25-17)5-6-14(22(21)24)16-8-10-20(28-16)18-4-2-12-26-18;6-5-1-3-7-4-2-5/h1-12,23-24H;1-4H,(H2,6,7). The van der Waals surface area contributed by atoms with Gasteiger partial charge in [0, 0.05) is 58.5 Å². The summed E-state index contributed by atoms with van der Waals surface area (Å²) in [6.45, 7) is 0. The maximum atomic E-state index is 8.58. The molecule has 172 valence electrons. The van der Waals surface area contributed by atoms with E-state index in [1.54, 1.807) is 69.9 Å². The van der Waals surface area contributed by atoms with Crippen LogP contribution in [0.15, 0.2) is 96.0 Å². The Hall–Kier alpha value is -3.43. The van der Waals surface area contributed by atoms with Gasteiger partial charge in [0.1, 0.15) is 0 Å². The lowest BCUT2D eigenvalue weighted by Crippen LogP contribution is -2.17. The first kappa shape index (κ1) is 23.3. The Morgan fingerprint density at radius 2 is 1.03 bits per heavy atom. The SMILES string of the molecule is N=C1C(=N)C(c2ccc(-c3cccs3)s2)=CC=C1c1ccc(-c2cccs2)s1.Nc1ccncc1. The van der Waals surface area contributed by atoms with Gasteiger partial charge < -0.3 is 5.73 Å². The molecule has 6 rings (SSSR count). The van der Waals surface area contributed by atoms with Crippen LogP contribution in [0.5, 0.6) is 0 Å². The summed E-state index contributed by atoms with van der Waals surface area (Å²) in [5.41, 5.74) is 8.33. The number of aromatic nitrogens is 1. The van der Waals surface area contributed by atoms with Crippen LogP contribution in [-0.4, -0.2) is 16.4 Å². The monoisotopic (exact) mass is 528 g/mol. The molecule has 1 aliphatic carbocycles. The first-order valence-corrected chi connectivity index (χ1v) is 14.0. The quantitative estimate of drug-likeness (QED) is 0.204. The summed E-state index contributed by atoms with van der Waals surface area (Å²) in [4.78, 5) is 10.7. The molecule has 0 saturated heterocycles. The molecule has 5 aromatic rings. The number of nitrogens with zero attached hydrogens (tertiary/aromatic N) is 1. The molecule has 0 aromatic carbocycles. The molecule has 5 heterocycles. The van der Waals surface area contributed by atoms with Gasteiger partial charge in [-0.1, -0.05) is 24.3 Å². The molecular formula is C27H20N4S4. The normalized spacial score (nSPS) is 13.1. The third-order valence-corrected chi connectivity index (χ3v) is 9.55. The summed E-state index contributed by atoms with van der Waals surface area (Å²) in [6.07, 6.45) is 7.30. The molecule has 1 aliphatic rings. The fourth-order valence-electron chi connectivity index (χ4n) is 3.44. The first-order chi connectivity index (χ1) is 17.1. The number of hydrogen-bond donors (Lipinski definition) is 3. The van der Waals surface area contributed by atoms with E-state index in [0.717, 1.165) is 26.6 Å². The third kappa shape index (κ3) is 5.16. The number of nitrogen functional groups attached to an aromatic ring is 1. The number of hydrogen-bond acceptors (Lipinski definition) is 8. The highest BCUT2D eigenvalue weighted by Crippen LogP contribution is 2.39. The van der Waals surface area contributed by atoms with Crippen molar-refractivity contribution in [1.29, 1.82) is 10.8 Å². The molecule has 0 amide bonds. The number of thiophene rings is 4. The Kier molecular flexibility index (Phi) is 6.96. The van der Waals surface area contributed by atoms with Crippen molar-refractivity contribution in [1.82, 2.24) is 4.98 Å². The minimum Gasteiger partial charge on any atom is -0.399 e. The Morgan fingerprint density at radius 1 is 0.571 bits per heavy atom. The van der Waals surface area contributed by atoms with Crippen LogP contribution in [0.4, 0.5) is 5.69 Å². The van der Waals surface area contributed by atoms with Crippen LogP contribution in [0.1, 0.15) is 9.75 Å². The van der Waals surface area contributed by atoms with Crippen LogP contribution in [-0.2, 0) is 0 Å². The molecule has 4 N–H and O–H groups in total. The summed E-state index contributed by atoms with van der Waals surface area (Å²) in [7, 11) is 0. The summed E-state index contributed by atoms with van der Waals surface area (Å²) >= 11 is 6.81. The lowest BCUT2D eigenvalue weighted by atomic mass is 9.92. The van der Waals surface area contributed by atoms with Gasteiger partial charge in [0.15, 0.2) is 0 Å². The van der Waals surface area contributed by atoms with E-state index in [0.29, 0.717) is 11.4 Å². The molecule has 0 bridgehead atoms.